The van der Waals surface area contributed by atoms with Crippen LogP contribution in [0.4, 0.5) is 0 Å². The van der Waals surface area contributed by atoms with Gasteiger partial charge >= 0.3 is 0 Å². The summed E-state index contributed by atoms with van der Waals surface area (Å²) in [6.45, 7) is 11.0. The Hall–Kier alpha value is -0.940. The zero-order valence-corrected chi connectivity index (χ0v) is 12.8. The quantitative estimate of drug-likeness (QED) is 0.784. The molecule has 110 valence electrons. The van der Waals surface area contributed by atoms with Crippen molar-refractivity contribution < 1.29 is 9.26 Å². The molecule has 0 unspecified atom stereocenters. The van der Waals surface area contributed by atoms with Crippen LogP contribution in [0.1, 0.15) is 71.6 Å². The molecule has 1 rings (SSSR count). The summed E-state index contributed by atoms with van der Waals surface area (Å²) in [5, 5.41) is 4.09. The Balaban J connectivity index is 2.92. The Morgan fingerprint density at radius 2 is 1.89 bits per heavy atom. The average molecular weight is 269 g/mol. The summed E-state index contributed by atoms with van der Waals surface area (Å²) in [4.78, 5) is 4.47. The lowest BCUT2D eigenvalue weighted by molar-refractivity contribution is -0.0583. The van der Waals surface area contributed by atoms with Crippen LogP contribution in [0.3, 0.4) is 0 Å². The van der Waals surface area contributed by atoms with Crippen molar-refractivity contribution in [2.75, 3.05) is 6.61 Å². The largest absolute Gasteiger partial charge is 0.367 e. The zero-order valence-electron chi connectivity index (χ0n) is 12.8. The van der Waals surface area contributed by atoms with Gasteiger partial charge in [0, 0.05) is 6.61 Å². The van der Waals surface area contributed by atoms with Crippen LogP contribution in [-0.2, 0) is 10.3 Å². The topological polar surface area (TPSA) is 74.2 Å². The minimum atomic E-state index is -0.450. The van der Waals surface area contributed by atoms with Gasteiger partial charge in [0.05, 0.1) is 6.04 Å². The highest BCUT2D eigenvalue weighted by Gasteiger charge is 2.35. The van der Waals surface area contributed by atoms with Crippen molar-refractivity contribution in [2.45, 2.75) is 65.5 Å². The van der Waals surface area contributed by atoms with E-state index in [1.807, 2.05) is 6.92 Å². The molecule has 0 saturated heterocycles. The van der Waals surface area contributed by atoms with Crippen molar-refractivity contribution >= 4 is 0 Å². The molecular weight excluding hydrogens is 242 g/mol. The maximum atomic E-state index is 6.07. The van der Waals surface area contributed by atoms with Gasteiger partial charge in [0.2, 0.25) is 11.7 Å². The number of aromatic nitrogens is 2. The molecule has 0 aliphatic rings. The second-order valence-corrected chi connectivity index (χ2v) is 5.33. The Morgan fingerprint density at radius 3 is 2.37 bits per heavy atom. The summed E-state index contributed by atoms with van der Waals surface area (Å²) in [7, 11) is 0. The molecule has 0 amide bonds. The van der Waals surface area contributed by atoms with Gasteiger partial charge in [-0.05, 0) is 32.1 Å². The predicted molar refractivity (Wildman–Crippen MR) is 74.6 cm³/mol. The number of hydrogen-bond donors (Lipinski definition) is 1. The molecule has 1 heterocycles. The summed E-state index contributed by atoms with van der Waals surface area (Å²) in [6, 6.07) is -0.200. The highest BCUT2D eigenvalue weighted by Crippen LogP contribution is 2.31. The molecule has 0 aliphatic carbocycles. The fourth-order valence-corrected chi connectivity index (χ4v) is 2.29. The van der Waals surface area contributed by atoms with E-state index in [2.05, 4.69) is 37.8 Å². The third-order valence-electron chi connectivity index (χ3n) is 3.45. The lowest BCUT2D eigenvalue weighted by Gasteiger charge is -2.27. The van der Waals surface area contributed by atoms with Crippen LogP contribution in [0.25, 0.3) is 0 Å². The molecule has 0 bridgehead atoms. The van der Waals surface area contributed by atoms with Crippen molar-refractivity contribution in [2.24, 2.45) is 11.7 Å². The third-order valence-corrected chi connectivity index (χ3v) is 3.45. The van der Waals surface area contributed by atoms with Gasteiger partial charge in [0.1, 0.15) is 5.60 Å². The fraction of sp³-hybridized carbons (Fsp3) is 0.857. The van der Waals surface area contributed by atoms with Crippen LogP contribution >= 0.6 is 0 Å². The van der Waals surface area contributed by atoms with E-state index in [9.17, 15) is 0 Å². The van der Waals surface area contributed by atoms with E-state index in [1.54, 1.807) is 0 Å². The molecule has 1 aromatic rings. The van der Waals surface area contributed by atoms with Crippen LogP contribution in [0.15, 0.2) is 4.52 Å². The highest BCUT2D eigenvalue weighted by atomic mass is 16.5. The van der Waals surface area contributed by atoms with Gasteiger partial charge in [-0.3, -0.25) is 0 Å². The molecule has 0 aliphatic heterocycles. The second-order valence-electron chi connectivity index (χ2n) is 5.33. The number of nitrogens with two attached hydrogens (primary N) is 1. The van der Waals surface area contributed by atoms with Gasteiger partial charge in [-0.1, -0.05) is 32.9 Å². The first-order valence-corrected chi connectivity index (χ1v) is 7.22. The molecule has 19 heavy (non-hydrogen) atoms. The monoisotopic (exact) mass is 269 g/mol. The van der Waals surface area contributed by atoms with Gasteiger partial charge in [0.15, 0.2) is 0 Å². The van der Waals surface area contributed by atoms with Crippen molar-refractivity contribution in [3.8, 4) is 0 Å². The van der Waals surface area contributed by atoms with Crippen LogP contribution in [0.2, 0.25) is 0 Å². The van der Waals surface area contributed by atoms with Gasteiger partial charge in [-0.2, -0.15) is 4.98 Å². The molecule has 5 heteroatoms. The smallest absolute Gasteiger partial charge is 0.243 e. The Bertz CT molecular complexity index is 373. The molecule has 0 spiro atoms. The Morgan fingerprint density at radius 1 is 1.26 bits per heavy atom. The molecule has 0 aromatic carbocycles. The summed E-state index contributed by atoms with van der Waals surface area (Å²) < 4.78 is 11.2. The number of nitrogens with zero attached hydrogens (tertiary/aromatic N) is 2. The Kier molecular flexibility index (Phi) is 5.94. The minimum absolute atomic E-state index is 0.200. The maximum absolute atomic E-state index is 6.07. The predicted octanol–water partition coefficient (Wildman–Crippen LogP) is 3.17. The van der Waals surface area contributed by atoms with Crippen molar-refractivity contribution in [3.05, 3.63) is 11.7 Å². The van der Waals surface area contributed by atoms with E-state index in [0.29, 0.717) is 24.2 Å². The molecule has 1 aromatic heterocycles. The van der Waals surface area contributed by atoms with Crippen LogP contribution in [-0.4, -0.2) is 16.7 Å². The molecule has 1 atom stereocenters. The van der Waals surface area contributed by atoms with E-state index in [-0.39, 0.29) is 6.04 Å². The van der Waals surface area contributed by atoms with E-state index in [0.717, 1.165) is 19.3 Å². The van der Waals surface area contributed by atoms with E-state index < -0.39 is 5.60 Å². The van der Waals surface area contributed by atoms with Crippen molar-refractivity contribution in [1.29, 1.82) is 0 Å². The molecule has 0 saturated carbocycles. The number of rotatable bonds is 8. The SMILES string of the molecule is CCOC(CC)(CC)c1noc([C@@H](N)CC(C)C)n1. The summed E-state index contributed by atoms with van der Waals surface area (Å²) in [6.07, 6.45) is 2.47. The summed E-state index contributed by atoms with van der Waals surface area (Å²) in [5.41, 5.74) is 5.62. The van der Waals surface area contributed by atoms with Crippen LogP contribution in [0.5, 0.6) is 0 Å². The maximum Gasteiger partial charge on any atom is 0.243 e. The second kappa shape index (κ2) is 7.01. The highest BCUT2D eigenvalue weighted by molar-refractivity contribution is 5.02. The standard InChI is InChI=1S/C14H27N3O2/c1-6-14(7-2,18-8-3)13-16-12(19-17-13)11(15)9-10(4)5/h10-11H,6-9,15H2,1-5H3/t11-/m0/s1. The normalized spacial score (nSPS) is 14.1. The minimum Gasteiger partial charge on any atom is -0.367 e. The third kappa shape index (κ3) is 3.76. The van der Waals surface area contributed by atoms with E-state index >= 15 is 0 Å². The van der Waals surface area contributed by atoms with Gasteiger partial charge in [-0.15, -0.1) is 0 Å². The fourth-order valence-electron chi connectivity index (χ4n) is 2.29. The van der Waals surface area contributed by atoms with Crippen LogP contribution in [0, 0.1) is 5.92 Å². The zero-order chi connectivity index (χ0) is 14.5. The molecule has 0 fully saturated rings. The average Bonchev–Trinajstić information content (AvgIpc) is 2.85. The van der Waals surface area contributed by atoms with E-state index in [4.69, 9.17) is 15.0 Å². The van der Waals surface area contributed by atoms with Crippen LogP contribution < -0.4 is 5.73 Å². The van der Waals surface area contributed by atoms with Gasteiger partial charge < -0.3 is 15.0 Å². The lowest BCUT2D eigenvalue weighted by atomic mass is 9.96. The first-order valence-electron chi connectivity index (χ1n) is 7.22. The molecule has 5 nitrogen and oxygen atoms in total. The number of hydrogen-bond acceptors (Lipinski definition) is 5. The summed E-state index contributed by atoms with van der Waals surface area (Å²) in [5.74, 6) is 1.63. The lowest BCUT2D eigenvalue weighted by Crippen LogP contribution is -2.30. The molecular formula is C14H27N3O2. The first-order chi connectivity index (χ1) is 8.99. The van der Waals surface area contributed by atoms with Crippen molar-refractivity contribution in [3.63, 3.8) is 0 Å². The summed E-state index contributed by atoms with van der Waals surface area (Å²) >= 11 is 0. The van der Waals surface area contributed by atoms with E-state index in [1.165, 1.54) is 0 Å². The Labute approximate surface area is 115 Å². The first kappa shape index (κ1) is 16.1. The molecule has 0 radical (unpaired) electrons. The van der Waals surface area contributed by atoms with Gasteiger partial charge in [0.25, 0.3) is 0 Å². The van der Waals surface area contributed by atoms with Gasteiger partial charge in [-0.25, -0.2) is 0 Å². The number of ether oxygens (including phenoxy) is 1. The molecule has 2 N–H and O–H groups in total. The van der Waals surface area contributed by atoms with Crippen molar-refractivity contribution in [1.82, 2.24) is 10.1 Å².